The molecule has 0 saturated carbocycles. The van der Waals surface area contributed by atoms with Crippen molar-refractivity contribution in [3.8, 4) is 0 Å². The highest BCUT2D eigenvalue weighted by Gasteiger charge is 2.23. The van der Waals surface area contributed by atoms with Gasteiger partial charge in [-0.25, -0.2) is 4.39 Å². The van der Waals surface area contributed by atoms with E-state index in [1.54, 1.807) is 25.4 Å². The normalized spacial score (nSPS) is 18.3. The molecule has 25 heavy (non-hydrogen) atoms. The minimum atomic E-state index is -0.167. The first-order valence-electron chi connectivity index (χ1n) is 8.53. The number of piperidine rings is 1. The minimum absolute atomic E-state index is 0.167. The molecule has 0 amide bonds. The Balaban J connectivity index is 1.59. The molecule has 1 aliphatic heterocycles. The zero-order chi connectivity index (χ0) is 17.6. The van der Waals surface area contributed by atoms with E-state index in [-0.39, 0.29) is 11.9 Å². The standard InChI is InChI=1S/C18H24FN5O/c1-13-5-6-16(19)17(10-13)24-8-3-4-15(12-24)22-18(20-2)21-11-14-7-9-25-23-14/h5-7,9-10,15H,3-4,8,11-12H2,1-2H3,(H2,20,21,22)/t15-/m0/s1. The summed E-state index contributed by atoms with van der Waals surface area (Å²) in [7, 11) is 1.74. The lowest BCUT2D eigenvalue weighted by Crippen LogP contribution is -2.51. The van der Waals surface area contributed by atoms with E-state index in [9.17, 15) is 4.39 Å². The lowest BCUT2D eigenvalue weighted by molar-refractivity contribution is 0.410. The van der Waals surface area contributed by atoms with Crippen LogP contribution < -0.4 is 15.5 Å². The molecule has 1 fully saturated rings. The molecule has 7 heteroatoms. The van der Waals surface area contributed by atoms with Crippen LogP contribution in [0.3, 0.4) is 0 Å². The summed E-state index contributed by atoms with van der Waals surface area (Å²) in [6.07, 6.45) is 3.57. The Morgan fingerprint density at radius 3 is 3.08 bits per heavy atom. The highest BCUT2D eigenvalue weighted by Crippen LogP contribution is 2.24. The summed E-state index contributed by atoms with van der Waals surface area (Å²) < 4.78 is 19.0. The first kappa shape index (κ1) is 17.3. The Labute approximate surface area is 147 Å². The van der Waals surface area contributed by atoms with Gasteiger partial charge < -0.3 is 20.1 Å². The third-order valence-electron chi connectivity index (χ3n) is 4.36. The van der Waals surface area contributed by atoms with E-state index in [1.807, 2.05) is 19.1 Å². The molecule has 1 atom stereocenters. The molecule has 134 valence electrons. The molecule has 2 N–H and O–H groups in total. The number of nitrogens with zero attached hydrogens (tertiary/aromatic N) is 3. The monoisotopic (exact) mass is 345 g/mol. The van der Waals surface area contributed by atoms with Crippen LogP contribution in [0.1, 0.15) is 24.1 Å². The van der Waals surface area contributed by atoms with Gasteiger partial charge in [-0.1, -0.05) is 11.2 Å². The van der Waals surface area contributed by atoms with Gasteiger partial charge >= 0.3 is 0 Å². The summed E-state index contributed by atoms with van der Waals surface area (Å²) in [5.41, 5.74) is 2.56. The number of benzene rings is 1. The van der Waals surface area contributed by atoms with Crippen LogP contribution in [0.15, 0.2) is 40.0 Å². The smallest absolute Gasteiger partial charge is 0.191 e. The van der Waals surface area contributed by atoms with E-state index < -0.39 is 0 Å². The molecule has 0 unspecified atom stereocenters. The summed E-state index contributed by atoms with van der Waals surface area (Å²) >= 11 is 0. The Bertz CT molecular complexity index is 716. The second-order valence-corrected chi connectivity index (χ2v) is 6.30. The minimum Gasteiger partial charge on any atom is -0.367 e. The molecule has 1 aromatic carbocycles. The largest absolute Gasteiger partial charge is 0.367 e. The number of anilines is 1. The van der Waals surface area contributed by atoms with Gasteiger partial charge in [0, 0.05) is 32.2 Å². The number of aryl methyl sites for hydroxylation is 1. The van der Waals surface area contributed by atoms with Crippen molar-refractivity contribution in [2.75, 3.05) is 25.0 Å². The molecule has 0 bridgehead atoms. The van der Waals surface area contributed by atoms with Crippen LogP contribution in [0.25, 0.3) is 0 Å². The average molecular weight is 345 g/mol. The van der Waals surface area contributed by atoms with Crippen molar-refractivity contribution in [3.63, 3.8) is 0 Å². The lowest BCUT2D eigenvalue weighted by Gasteiger charge is -2.35. The van der Waals surface area contributed by atoms with Crippen molar-refractivity contribution in [1.82, 2.24) is 15.8 Å². The van der Waals surface area contributed by atoms with Crippen LogP contribution >= 0.6 is 0 Å². The van der Waals surface area contributed by atoms with Gasteiger partial charge in [-0.15, -0.1) is 0 Å². The molecular weight excluding hydrogens is 321 g/mol. The Morgan fingerprint density at radius 2 is 2.32 bits per heavy atom. The van der Waals surface area contributed by atoms with Crippen LogP contribution in [-0.2, 0) is 6.54 Å². The van der Waals surface area contributed by atoms with Crippen LogP contribution in [-0.4, -0.2) is 37.3 Å². The number of guanidine groups is 1. The maximum Gasteiger partial charge on any atom is 0.191 e. The summed E-state index contributed by atoms with van der Waals surface area (Å²) in [4.78, 5) is 6.36. The molecule has 1 aliphatic rings. The second-order valence-electron chi connectivity index (χ2n) is 6.30. The third-order valence-corrected chi connectivity index (χ3v) is 4.36. The van der Waals surface area contributed by atoms with Gasteiger partial charge in [0.1, 0.15) is 17.8 Å². The van der Waals surface area contributed by atoms with Gasteiger partial charge in [0.2, 0.25) is 0 Å². The molecule has 0 radical (unpaired) electrons. The molecule has 2 heterocycles. The maximum atomic E-state index is 14.2. The molecule has 2 aromatic rings. The topological polar surface area (TPSA) is 65.7 Å². The van der Waals surface area contributed by atoms with Crippen molar-refractivity contribution in [2.24, 2.45) is 4.99 Å². The van der Waals surface area contributed by atoms with E-state index in [0.717, 1.165) is 37.2 Å². The Hall–Kier alpha value is -2.57. The molecule has 0 spiro atoms. The quantitative estimate of drug-likeness (QED) is 0.658. The number of aromatic nitrogens is 1. The van der Waals surface area contributed by atoms with Gasteiger partial charge in [-0.05, 0) is 37.5 Å². The van der Waals surface area contributed by atoms with Crippen LogP contribution in [0.5, 0.6) is 0 Å². The number of hydrogen-bond acceptors (Lipinski definition) is 4. The Kier molecular flexibility index (Phi) is 5.53. The average Bonchev–Trinajstić information content (AvgIpc) is 3.14. The van der Waals surface area contributed by atoms with Gasteiger partial charge in [0.15, 0.2) is 5.96 Å². The summed E-state index contributed by atoms with van der Waals surface area (Å²) in [5, 5.41) is 10.5. The maximum absolute atomic E-state index is 14.2. The first-order valence-corrected chi connectivity index (χ1v) is 8.53. The predicted molar refractivity (Wildman–Crippen MR) is 96.2 cm³/mol. The van der Waals surface area contributed by atoms with Crippen LogP contribution in [0.4, 0.5) is 10.1 Å². The fraction of sp³-hybridized carbons (Fsp3) is 0.444. The van der Waals surface area contributed by atoms with E-state index in [0.29, 0.717) is 18.2 Å². The zero-order valence-electron chi connectivity index (χ0n) is 14.6. The number of hydrogen-bond donors (Lipinski definition) is 2. The van der Waals surface area contributed by atoms with Gasteiger partial charge in [0.25, 0.3) is 0 Å². The van der Waals surface area contributed by atoms with Crippen molar-refractivity contribution in [3.05, 3.63) is 47.6 Å². The summed E-state index contributed by atoms with van der Waals surface area (Å²) in [6, 6.07) is 7.27. The van der Waals surface area contributed by atoms with Crippen molar-refractivity contribution in [1.29, 1.82) is 0 Å². The second kappa shape index (κ2) is 8.00. The third kappa shape index (κ3) is 4.49. The molecular formula is C18H24FN5O. The van der Waals surface area contributed by atoms with Crippen molar-refractivity contribution < 1.29 is 8.91 Å². The predicted octanol–water partition coefficient (Wildman–Crippen LogP) is 2.46. The summed E-state index contributed by atoms with van der Waals surface area (Å²) in [6.45, 7) is 4.13. The molecule has 1 aromatic heterocycles. The first-order chi connectivity index (χ1) is 12.2. The van der Waals surface area contributed by atoms with Crippen LogP contribution in [0, 0.1) is 12.7 Å². The van der Waals surface area contributed by atoms with Gasteiger partial charge in [0.05, 0.1) is 12.2 Å². The van der Waals surface area contributed by atoms with E-state index in [2.05, 4.69) is 25.7 Å². The lowest BCUT2D eigenvalue weighted by atomic mass is 10.0. The highest BCUT2D eigenvalue weighted by atomic mass is 19.1. The molecule has 3 rings (SSSR count). The Morgan fingerprint density at radius 1 is 1.44 bits per heavy atom. The fourth-order valence-corrected chi connectivity index (χ4v) is 3.07. The fourth-order valence-electron chi connectivity index (χ4n) is 3.07. The molecule has 6 nitrogen and oxygen atoms in total. The highest BCUT2D eigenvalue weighted by molar-refractivity contribution is 5.80. The molecule has 0 aliphatic carbocycles. The number of rotatable bonds is 4. The van der Waals surface area contributed by atoms with Gasteiger partial charge in [-0.2, -0.15) is 0 Å². The van der Waals surface area contributed by atoms with E-state index >= 15 is 0 Å². The van der Waals surface area contributed by atoms with Gasteiger partial charge in [-0.3, -0.25) is 4.99 Å². The van der Waals surface area contributed by atoms with Crippen LogP contribution in [0.2, 0.25) is 0 Å². The number of nitrogens with one attached hydrogen (secondary N) is 2. The summed E-state index contributed by atoms with van der Waals surface area (Å²) in [5.74, 6) is 0.541. The SMILES string of the molecule is CN=C(NCc1ccon1)N[C@H]1CCCN(c2cc(C)ccc2F)C1. The van der Waals surface area contributed by atoms with E-state index in [1.165, 1.54) is 0 Å². The zero-order valence-corrected chi connectivity index (χ0v) is 14.6. The molecule has 1 saturated heterocycles. The number of halogens is 1. The van der Waals surface area contributed by atoms with Crippen molar-refractivity contribution >= 4 is 11.6 Å². The van der Waals surface area contributed by atoms with E-state index in [4.69, 9.17) is 4.52 Å². The number of aliphatic imine (C=N–C) groups is 1. The van der Waals surface area contributed by atoms with Crippen molar-refractivity contribution in [2.45, 2.75) is 32.4 Å².